The number of anilines is 1. The molecular formula is C23H29F3N4O2. The van der Waals surface area contributed by atoms with Gasteiger partial charge in [0.15, 0.2) is 0 Å². The molecule has 3 rings (SSSR count). The lowest BCUT2D eigenvalue weighted by molar-refractivity contribution is -0.137. The van der Waals surface area contributed by atoms with Crippen LogP contribution >= 0.6 is 0 Å². The Bertz CT molecular complexity index is 933. The number of urea groups is 1. The molecule has 1 aliphatic carbocycles. The highest BCUT2D eigenvalue weighted by Gasteiger charge is 2.35. The lowest BCUT2D eigenvalue weighted by Crippen LogP contribution is -2.46. The van der Waals surface area contributed by atoms with E-state index in [9.17, 15) is 22.8 Å². The number of aromatic nitrogens is 1. The fourth-order valence-corrected chi connectivity index (χ4v) is 3.49. The first kappa shape index (κ1) is 23.7. The molecule has 0 atom stereocenters. The summed E-state index contributed by atoms with van der Waals surface area (Å²) in [5, 5.41) is 2.63. The number of nitrogens with one attached hydrogen (secondary N) is 1. The van der Waals surface area contributed by atoms with Gasteiger partial charge in [0.2, 0.25) is 5.91 Å². The number of amides is 3. The summed E-state index contributed by atoms with van der Waals surface area (Å²) in [5.74, 6) is 0.101. The van der Waals surface area contributed by atoms with Crippen LogP contribution in [0.3, 0.4) is 0 Å². The normalized spacial score (nSPS) is 13.8. The van der Waals surface area contributed by atoms with Gasteiger partial charge in [-0.1, -0.05) is 13.8 Å². The Morgan fingerprint density at radius 2 is 1.81 bits per heavy atom. The minimum atomic E-state index is -4.44. The second-order valence-corrected chi connectivity index (χ2v) is 8.64. The van der Waals surface area contributed by atoms with Crippen molar-refractivity contribution in [3.05, 3.63) is 53.9 Å². The summed E-state index contributed by atoms with van der Waals surface area (Å²) in [6.07, 6.45) is -0.917. The van der Waals surface area contributed by atoms with E-state index in [1.165, 1.54) is 17.0 Å². The van der Waals surface area contributed by atoms with Gasteiger partial charge in [-0.15, -0.1) is 0 Å². The molecule has 9 heteroatoms. The van der Waals surface area contributed by atoms with Gasteiger partial charge in [-0.3, -0.25) is 4.79 Å². The number of aryl methyl sites for hydroxylation is 1. The van der Waals surface area contributed by atoms with E-state index in [1.807, 2.05) is 43.8 Å². The van der Waals surface area contributed by atoms with E-state index in [4.69, 9.17) is 0 Å². The number of nitrogens with zero attached hydrogens (tertiary/aromatic N) is 3. The molecule has 1 aliphatic rings. The fraction of sp³-hybridized carbons (Fsp3) is 0.478. The fourth-order valence-electron chi connectivity index (χ4n) is 3.49. The molecule has 32 heavy (non-hydrogen) atoms. The Kier molecular flexibility index (Phi) is 7.16. The minimum absolute atomic E-state index is 0.0377. The maximum atomic E-state index is 13.1. The van der Waals surface area contributed by atoms with Gasteiger partial charge in [-0.2, -0.15) is 13.2 Å². The van der Waals surface area contributed by atoms with Gasteiger partial charge in [-0.05, 0) is 55.2 Å². The van der Waals surface area contributed by atoms with Crippen LogP contribution in [0.15, 0.2) is 42.6 Å². The monoisotopic (exact) mass is 450 g/mol. The van der Waals surface area contributed by atoms with Crippen molar-refractivity contribution in [1.82, 2.24) is 14.4 Å². The SMILES string of the molecule is CC(C)CN(Cc1cccn1C)C(=O)CN(C(=O)Nc1ccc(C(F)(F)F)cc1)C1CC1. The topological polar surface area (TPSA) is 57.6 Å². The average Bonchev–Trinajstić information content (AvgIpc) is 3.47. The van der Waals surface area contributed by atoms with Gasteiger partial charge in [-0.25, -0.2) is 4.79 Å². The molecule has 0 radical (unpaired) electrons. The first-order chi connectivity index (χ1) is 15.0. The minimum Gasteiger partial charge on any atom is -0.353 e. The molecule has 0 spiro atoms. The number of hydrogen-bond acceptors (Lipinski definition) is 2. The van der Waals surface area contributed by atoms with E-state index >= 15 is 0 Å². The number of alkyl halides is 3. The van der Waals surface area contributed by atoms with Crippen molar-refractivity contribution in [1.29, 1.82) is 0 Å². The zero-order valence-electron chi connectivity index (χ0n) is 18.5. The van der Waals surface area contributed by atoms with Crippen molar-refractivity contribution in [3.63, 3.8) is 0 Å². The highest BCUT2D eigenvalue weighted by Crippen LogP contribution is 2.31. The average molecular weight is 451 g/mol. The molecule has 2 aromatic rings. The second-order valence-electron chi connectivity index (χ2n) is 8.64. The lowest BCUT2D eigenvalue weighted by atomic mass is 10.2. The summed E-state index contributed by atoms with van der Waals surface area (Å²) in [7, 11) is 1.92. The Labute approximate surface area is 186 Å². The summed E-state index contributed by atoms with van der Waals surface area (Å²) in [4.78, 5) is 29.2. The van der Waals surface area contributed by atoms with Crippen LogP contribution in [0.4, 0.5) is 23.7 Å². The molecule has 1 saturated carbocycles. The van der Waals surface area contributed by atoms with Crippen molar-refractivity contribution >= 4 is 17.6 Å². The van der Waals surface area contributed by atoms with Crippen molar-refractivity contribution in [2.75, 3.05) is 18.4 Å². The third-order valence-corrected chi connectivity index (χ3v) is 5.36. The summed E-state index contributed by atoms with van der Waals surface area (Å²) in [5.41, 5.74) is 0.463. The maximum absolute atomic E-state index is 13.1. The standard InChI is InChI=1S/C23H29F3N4O2/c1-16(2)13-29(14-20-5-4-12-28(20)3)21(31)15-30(19-10-11-19)22(32)27-18-8-6-17(7-9-18)23(24,25)26/h4-9,12,16,19H,10-11,13-15H2,1-3H3,(H,27,32). The van der Waals surface area contributed by atoms with Gasteiger partial charge in [0.1, 0.15) is 6.54 Å². The first-order valence-corrected chi connectivity index (χ1v) is 10.7. The van der Waals surface area contributed by atoms with Gasteiger partial charge in [0, 0.05) is 37.2 Å². The Balaban J connectivity index is 1.68. The lowest BCUT2D eigenvalue weighted by Gasteiger charge is -2.29. The van der Waals surface area contributed by atoms with Crippen molar-refractivity contribution in [2.45, 2.75) is 45.5 Å². The molecule has 0 bridgehead atoms. The molecule has 0 aliphatic heterocycles. The second kappa shape index (κ2) is 9.67. The first-order valence-electron chi connectivity index (χ1n) is 10.7. The van der Waals surface area contributed by atoms with E-state index in [-0.39, 0.29) is 30.1 Å². The smallest absolute Gasteiger partial charge is 0.353 e. The van der Waals surface area contributed by atoms with Crippen LogP contribution in [0, 0.1) is 5.92 Å². The molecule has 6 nitrogen and oxygen atoms in total. The highest BCUT2D eigenvalue weighted by atomic mass is 19.4. The number of benzene rings is 1. The van der Waals surface area contributed by atoms with Crippen LogP contribution in [-0.2, 0) is 24.6 Å². The summed E-state index contributed by atoms with van der Waals surface area (Å²) in [6.45, 7) is 4.99. The van der Waals surface area contributed by atoms with E-state index in [0.717, 1.165) is 30.7 Å². The third-order valence-electron chi connectivity index (χ3n) is 5.36. The van der Waals surface area contributed by atoms with Crippen molar-refractivity contribution < 1.29 is 22.8 Å². The van der Waals surface area contributed by atoms with Gasteiger partial charge < -0.3 is 19.7 Å². The maximum Gasteiger partial charge on any atom is 0.416 e. The number of carbonyl (C=O) groups is 2. The van der Waals surface area contributed by atoms with Crippen LogP contribution < -0.4 is 5.32 Å². The number of halogens is 3. The third kappa shape index (κ3) is 6.27. The van der Waals surface area contributed by atoms with Crippen LogP contribution in [0.1, 0.15) is 37.9 Å². The molecule has 1 fully saturated rings. The van der Waals surface area contributed by atoms with Gasteiger partial charge in [0.05, 0.1) is 12.1 Å². The zero-order chi connectivity index (χ0) is 23.5. The quantitative estimate of drug-likeness (QED) is 0.633. The van der Waals surface area contributed by atoms with Crippen LogP contribution in [0.2, 0.25) is 0 Å². The predicted molar refractivity (Wildman–Crippen MR) is 116 cm³/mol. The van der Waals surface area contributed by atoms with Crippen molar-refractivity contribution in [3.8, 4) is 0 Å². The predicted octanol–water partition coefficient (Wildman–Crippen LogP) is 4.73. The number of rotatable bonds is 8. The largest absolute Gasteiger partial charge is 0.416 e. The van der Waals surface area contributed by atoms with E-state index in [2.05, 4.69) is 5.32 Å². The number of hydrogen-bond donors (Lipinski definition) is 1. The van der Waals surface area contributed by atoms with E-state index in [1.54, 1.807) is 4.90 Å². The number of carbonyl (C=O) groups excluding carboxylic acids is 2. The van der Waals surface area contributed by atoms with Crippen LogP contribution in [0.5, 0.6) is 0 Å². The molecular weight excluding hydrogens is 421 g/mol. The molecule has 1 N–H and O–H groups in total. The summed E-state index contributed by atoms with van der Waals surface area (Å²) < 4.78 is 40.2. The molecule has 1 aromatic carbocycles. The molecule has 1 aromatic heterocycles. The molecule has 0 unspecified atom stereocenters. The summed E-state index contributed by atoms with van der Waals surface area (Å²) >= 11 is 0. The van der Waals surface area contributed by atoms with Gasteiger partial charge in [0.25, 0.3) is 0 Å². The highest BCUT2D eigenvalue weighted by molar-refractivity contribution is 5.92. The molecule has 174 valence electrons. The Morgan fingerprint density at radius 1 is 1.16 bits per heavy atom. The van der Waals surface area contributed by atoms with E-state index in [0.29, 0.717) is 13.1 Å². The van der Waals surface area contributed by atoms with E-state index < -0.39 is 17.8 Å². The van der Waals surface area contributed by atoms with Crippen molar-refractivity contribution in [2.24, 2.45) is 13.0 Å². The Morgan fingerprint density at radius 3 is 2.31 bits per heavy atom. The Hall–Kier alpha value is -2.97. The molecule has 3 amide bonds. The molecule has 0 saturated heterocycles. The zero-order valence-corrected chi connectivity index (χ0v) is 18.5. The van der Waals surface area contributed by atoms with Crippen LogP contribution in [-0.4, -0.2) is 45.4 Å². The van der Waals surface area contributed by atoms with Crippen LogP contribution in [0.25, 0.3) is 0 Å². The van der Waals surface area contributed by atoms with Gasteiger partial charge >= 0.3 is 12.2 Å². The summed E-state index contributed by atoms with van der Waals surface area (Å²) in [6, 6.07) is 7.63. The molecule has 1 heterocycles.